The average molecular weight is 357 g/mol. The summed E-state index contributed by atoms with van der Waals surface area (Å²) < 4.78 is 6.15. The summed E-state index contributed by atoms with van der Waals surface area (Å²) in [5, 5.41) is 9.83. The maximum Gasteiger partial charge on any atom is 0.341 e. The van der Waals surface area contributed by atoms with Gasteiger partial charge < -0.3 is 9.84 Å². The van der Waals surface area contributed by atoms with Crippen molar-refractivity contribution >= 4 is 33.5 Å². The molecule has 1 heterocycles. The van der Waals surface area contributed by atoms with Crippen molar-refractivity contribution in [2.24, 2.45) is 0 Å². The van der Waals surface area contributed by atoms with E-state index in [4.69, 9.17) is 21.4 Å². The number of halogens is 2. The van der Waals surface area contributed by atoms with Crippen LogP contribution in [0.4, 0.5) is 0 Å². The summed E-state index contributed by atoms with van der Waals surface area (Å²) in [5.74, 6) is -0.556. The predicted molar refractivity (Wildman–Crippen MR) is 79.9 cm³/mol. The summed E-state index contributed by atoms with van der Waals surface area (Å²) in [6, 6.07) is 4.93. The van der Waals surface area contributed by atoms with Crippen molar-refractivity contribution in [3.05, 3.63) is 50.6 Å². The van der Waals surface area contributed by atoms with Gasteiger partial charge in [0.05, 0.1) is 0 Å². The Hall–Kier alpha value is -1.59. The van der Waals surface area contributed by atoms with E-state index in [9.17, 15) is 4.79 Å². The monoisotopic (exact) mass is 355 g/mol. The van der Waals surface area contributed by atoms with Crippen molar-refractivity contribution in [1.82, 2.24) is 4.98 Å². The molecule has 0 aliphatic carbocycles. The third kappa shape index (κ3) is 3.11. The smallest absolute Gasteiger partial charge is 0.341 e. The van der Waals surface area contributed by atoms with Crippen LogP contribution in [0.5, 0.6) is 11.6 Å². The van der Waals surface area contributed by atoms with Gasteiger partial charge in [0, 0.05) is 15.7 Å². The molecule has 0 bridgehead atoms. The molecule has 6 heteroatoms. The molecule has 20 heavy (non-hydrogen) atoms. The van der Waals surface area contributed by atoms with Crippen LogP contribution < -0.4 is 4.74 Å². The zero-order valence-electron chi connectivity index (χ0n) is 10.8. The number of ether oxygens (including phenoxy) is 1. The number of hydrogen-bond donors (Lipinski definition) is 1. The van der Waals surface area contributed by atoms with E-state index in [0.717, 1.165) is 11.1 Å². The topological polar surface area (TPSA) is 59.4 Å². The van der Waals surface area contributed by atoms with Crippen molar-refractivity contribution in [2.45, 2.75) is 13.8 Å². The van der Waals surface area contributed by atoms with E-state index in [2.05, 4.69) is 20.9 Å². The molecule has 0 fully saturated rings. The van der Waals surface area contributed by atoms with Gasteiger partial charge in [0.25, 0.3) is 0 Å². The van der Waals surface area contributed by atoms with Crippen molar-refractivity contribution in [3.63, 3.8) is 0 Å². The number of carboxylic acids is 1. The van der Waals surface area contributed by atoms with Crippen LogP contribution in [0.15, 0.2) is 28.9 Å². The van der Waals surface area contributed by atoms with Crippen molar-refractivity contribution in [2.75, 3.05) is 0 Å². The summed E-state index contributed by atoms with van der Waals surface area (Å²) >= 11 is 9.27. The van der Waals surface area contributed by atoms with Crippen molar-refractivity contribution in [1.29, 1.82) is 0 Å². The number of aryl methyl sites for hydroxylation is 2. The second kappa shape index (κ2) is 5.81. The number of benzene rings is 1. The molecule has 0 amide bonds. The van der Waals surface area contributed by atoms with Crippen LogP contribution in [0.25, 0.3) is 0 Å². The molecule has 0 radical (unpaired) electrons. The summed E-state index contributed by atoms with van der Waals surface area (Å²) in [6.07, 6.45) is 1.48. The molecule has 104 valence electrons. The number of aromatic carboxylic acids is 1. The first-order chi connectivity index (χ1) is 9.38. The van der Waals surface area contributed by atoms with Gasteiger partial charge in [0.1, 0.15) is 11.3 Å². The zero-order valence-corrected chi connectivity index (χ0v) is 13.1. The van der Waals surface area contributed by atoms with Gasteiger partial charge in [-0.25, -0.2) is 9.78 Å². The van der Waals surface area contributed by atoms with Crippen LogP contribution in [0.3, 0.4) is 0 Å². The molecule has 1 aromatic heterocycles. The number of aromatic nitrogens is 1. The highest BCUT2D eigenvalue weighted by molar-refractivity contribution is 9.10. The normalized spacial score (nSPS) is 10.4. The largest absolute Gasteiger partial charge is 0.477 e. The Morgan fingerprint density at radius 3 is 2.45 bits per heavy atom. The molecule has 0 unspecified atom stereocenters. The molecule has 2 aromatic rings. The first-order valence-electron chi connectivity index (χ1n) is 5.72. The van der Waals surface area contributed by atoms with Crippen molar-refractivity contribution in [3.8, 4) is 11.6 Å². The highest BCUT2D eigenvalue weighted by atomic mass is 79.9. The summed E-state index contributed by atoms with van der Waals surface area (Å²) in [5.41, 5.74) is 1.70. The van der Waals surface area contributed by atoms with Gasteiger partial charge in [-0.3, -0.25) is 0 Å². The molecule has 0 spiro atoms. The minimum atomic E-state index is -1.10. The highest BCUT2D eigenvalue weighted by Crippen LogP contribution is 2.30. The lowest BCUT2D eigenvalue weighted by Crippen LogP contribution is -2.02. The second-order valence-electron chi connectivity index (χ2n) is 4.28. The highest BCUT2D eigenvalue weighted by Gasteiger charge is 2.15. The summed E-state index contributed by atoms with van der Waals surface area (Å²) in [6.45, 7) is 3.71. The Morgan fingerprint density at radius 1 is 1.30 bits per heavy atom. The van der Waals surface area contributed by atoms with Crippen molar-refractivity contribution < 1.29 is 14.6 Å². The van der Waals surface area contributed by atoms with Crippen LogP contribution in [0, 0.1) is 13.8 Å². The molecule has 0 saturated heterocycles. The van der Waals surface area contributed by atoms with E-state index in [0.29, 0.717) is 15.2 Å². The number of hydrogen-bond acceptors (Lipinski definition) is 3. The number of rotatable bonds is 3. The third-order valence-corrected chi connectivity index (χ3v) is 3.70. The van der Waals surface area contributed by atoms with E-state index < -0.39 is 5.97 Å². The molecule has 0 saturated carbocycles. The number of carboxylic acid groups (broad SMARTS) is 1. The fourth-order valence-electron chi connectivity index (χ4n) is 1.74. The molecule has 1 aromatic carbocycles. The van der Waals surface area contributed by atoms with Gasteiger partial charge in [-0.15, -0.1) is 0 Å². The second-order valence-corrected chi connectivity index (χ2v) is 5.58. The Labute approximate surface area is 129 Å². The first kappa shape index (κ1) is 14.8. The van der Waals surface area contributed by atoms with E-state index in [1.165, 1.54) is 12.3 Å². The number of nitrogens with zero attached hydrogens (tertiary/aromatic N) is 1. The van der Waals surface area contributed by atoms with Crippen LogP contribution in [0.2, 0.25) is 5.02 Å². The Morgan fingerprint density at radius 2 is 1.90 bits per heavy atom. The zero-order chi connectivity index (χ0) is 14.9. The molecule has 0 aliphatic heterocycles. The molecule has 0 atom stereocenters. The Bertz CT molecular complexity index is 665. The number of pyridine rings is 1. The van der Waals surface area contributed by atoms with Crippen LogP contribution in [-0.2, 0) is 0 Å². The summed E-state index contributed by atoms with van der Waals surface area (Å²) in [4.78, 5) is 15.2. The van der Waals surface area contributed by atoms with Gasteiger partial charge >= 0.3 is 5.97 Å². The molecular weight excluding hydrogens is 346 g/mol. The maximum absolute atomic E-state index is 11.2. The first-order valence-corrected chi connectivity index (χ1v) is 6.89. The van der Waals surface area contributed by atoms with E-state index in [-0.39, 0.29) is 11.4 Å². The van der Waals surface area contributed by atoms with Crippen LogP contribution >= 0.6 is 27.5 Å². The third-order valence-electron chi connectivity index (χ3n) is 2.67. The lowest BCUT2D eigenvalue weighted by atomic mass is 10.1. The predicted octanol–water partition coefficient (Wildman–Crippen LogP) is 4.60. The van der Waals surface area contributed by atoms with Gasteiger partial charge in [-0.1, -0.05) is 11.6 Å². The Kier molecular flexibility index (Phi) is 4.30. The lowest BCUT2D eigenvalue weighted by molar-refractivity contribution is 0.0693. The van der Waals surface area contributed by atoms with E-state index in [1.54, 1.807) is 12.1 Å². The maximum atomic E-state index is 11.2. The molecule has 4 nitrogen and oxygen atoms in total. The fourth-order valence-corrected chi connectivity index (χ4v) is 2.18. The SMILES string of the molecule is Cc1cc(Oc2ncc(Br)cc2C(=O)O)cc(C)c1Cl. The molecular formula is C14H11BrClNO3. The average Bonchev–Trinajstić information content (AvgIpc) is 2.37. The molecule has 1 N–H and O–H groups in total. The van der Waals surface area contributed by atoms with Crippen LogP contribution in [0.1, 0.15) is 21.5 Å². The van der Waals surface area contributed by atoms with Gasteiger partial charge in [-0.2, -0.15) is 0 Å². The minimum absolute atomic E-state index is 0.00960. The quantitative estimate of drug-likeness (QED) is 0.873. The van der Waals surface area contributed by atoms with Gasteiger partial charge in [0.2, 0.25) is 5.88 Å². The number of carbonyl (C=O) groups is 1. The van der Waals surface area contributed by atoms with Gasteiger partial charge in [-0.05, 0) is 59.1 Å². The molecule has 0 aliphatic rings. The van der Waals surface area contributed by atoms with Gasteiger partial charge in [0.15, 0.2) is 0 Å². The fraction of sp³-hybridized carbons (Fsp3) is 0.143. The molecule has 2 rings (SSSR count). The summed E-state index contributed by atoms with van der Waals surface area (Å²) in [7, 11) is 0. The standard InChI is InChI=1S/C14H11BrClNO3/c1-7-3-10(4-8(2)12(7)16)20-13-11(14(18)19)5-9(15)6-17-13/h3-6H,1-2H3,(H,18,19). The van der Waals surface area contributed by atoms with Crippen LogP contribution in [-0.4, -0.2) is 16.1 Å². The minimum Gasteiger partial charge on any atom is -0.477 e. The Balaban J connectivity index is 2.42. The van der Waals surface area contributed by atoms with E-state index >= 15 is 0 Å². The lowest BCUT2D eigenvalue weighted by Gasteiger charge is -2.10. The van der Waals surface area contributed by atoms with E-state index in [1.807, 2.05) is 13.8 Å².